The van der Waals surface area contributed by atoms with Gasteiger partial charge in [-0.25, -0.2) is 12.7 Å². The molecule has 1 aromatic rings. The van der Waals surface area contributed by atoms with Gasteiger partial charge in [0.25, 0.3) is 0 Å². The maximum absolute atomic E-state index is 12.3. The molecule has 0 aliphatic carbocycles. The first-order valence-electron chi connectivity index (χ1n) is 6.96. The number of benzene rings is 1. The SMILES string of the molecule is CCS(=O)(=O)N1CCC[C@@H](C(=O)Nc2ccc(Br)cc2)C1. The molecule has 1 atom stereocenters. The molecule has 1 aromatic carbocycles. The summed E-state index contributed by atoms with van der Waals surface area (Å²) in [6.07, 6.45) is 1.44. The normalized spacial score (nSPS) is 20.2. The molecule has 1 aliphatic heterocycles. The smallest absolute Gasteiger partial charge is 0.228 e. The molecule has 5 nitrogen and oxygen atoms in total. The maximum atomic E-state index is 12.3. The third-order valence-corrected chi connectivity index (χ3v) is 6.00. The van der Waals surface area contributed by atoms with Crippen molar-refractivity contribution in [3.63, 3.8) is 0 Å². The van der Waals surface area contributed by atoms with Gasteiger partial charge in [0.15, 0.2) is 0 Å². The maximum Gasteiger partial charge on any atom is 0.228 e. The Labute approximate surface area is 133 Å². The summed E-state index contributed by atoms with van der Waals surface area (Å²) in [5, 5.41) is 2.85. The van der Waals surface area contributed by atoms with E-state index in [0.29, 0.717) is 6.54 Å². The van der Waals surface area contributed by atoms with Crippen LogP contribution >= 0.6 is 15.9 Å². The lowest BCUT2D eigenvalue weighted by molar-refractivity contribution is -0.120. The molecule has 2 rings (SSSR count). The van der Waals surface area contributed by atoms with Crippen LogP contribution in [0.1, 0.15) is 19.8 Å². The minimum atomic E-state index is -3.22. The topological polar surface area (TPSA) is 66.5 Å². The van der Waals surface area contributed by atoms with E-state index >= 15 is 0 Å². The van der Waals surface area contributed by atoms with Gasteiger partial charge in [-0.05, 0) is 44.0 Å². The standard InChI is InChI=1S/C14H19BrN2O3S/c1-2-21(19,20)17-9-3-4-11(10-17)14(18)16-13-7-5-12(15)6-8-13/h5-8,11H,2-4,9-10H2,1H3,(H,16,18)/t11-/m1/s1. The Morgan fingerprint density at radius 1 is 1.38 bits per heavy atom. The third-order valence-electron chi connectivity index (χ3n) is 3.62. The lowest BCUT2D eigenvalue weighted by atomic mass is 9.99. The van der Waals surface area contributed by atoms with Crippen molar-refractivity contribution < 1.29 is 13.2 Å². The van der Waals surface area contributed by atoms with Crippen LogP contribution in [0.2, 0.25) is 0 Å². The van der Waals surface area contributed by atoms with Gasteiger partial charge in [0.05, 0.1) is 11.7 Å². The Hall–Kier alpha value is -0.920. The van der Waals surface area contributed by atoms with Crippen LogP contribution in [0.25, 0.3) is 0 Å². The van der Waals surface area contributed by atoms with E-state index < -0.39 is 10.0 Å². The molecule has 0 unspecified atom stereocenters. The highest BCUT2D eigenvalue weighted by Crippen LogP contribution is 2.22. The molecule has 0 bridgehead atoms. The molecule has 0 aromatic heterocycles. The van der Waals surface area contributed by atoms with Crippen molar-refractivity contribution >= 4 is 37.5 Å². The van der Waals surface area contributed by atoms with E-state index in [9.17, 15) is 13.2 Å². The number of anilines is 1. The van der Waals surface area contributed by atoms with Crippen LogP contribution in [-0.4, -0.2) is 37.5 Å². The van der Waals surface area contributed by atoms with E-state index in [1.807, 2.05) is 24.3 Å². The summed E-state index contributed by atoms with van der Waals surface area (Å²) in [6, 6.07) is 7.32. The van der Waals surface area contributed by atoms with Gasteiger partial charge in [-0.15, -0.1) is 0 Å². The predicted molar refractivity (Wildman–Crippen MR) is 86.5 cm³/mol. The zero-order valence-corrected chi connectivity index (χ0v) is 14.3. The van der Waals surface area contributed by atoms with Gasteiger partial charge in [-0.1, -0.05) is 15.9 Å². The lowest BCUT2D eigenvalue weighted by Gasteiger charge is -2.30. The monoisotopic (exact) mass is 374 g/mol. The predicted octanol–water partition coefficient (Wildman–Crippen LogP) is 2.45. The number of nitrogens with one attached hydrogen (secondary N) is 1. The average Bonchev–Trinajstić information content (AvgIpc) is 2.49. The first-order chi connectivity index (χ1) is 9.92. The number of halogens is 1. The molecule has 21 heavy (non-hydrogen) atoms. The molecule has 7 heteroatoms. The lowest BCUT2D eigenvalue weighted by Crippen LogP contribution is -2.44. The van der Waals surface area contributed by atoms with Crippen molar-refractivity contribution in [2.75, 3.05) is 24.2 Å². The molecule has 1 N–H and O–H groups in total. The van der Waals surface area contributed by atoms with E-state index in [1.165, 1.54) is 4.31 Å². The molecule has 116 valence electrons. The minimum absolute atomic E-state index is 0.0774. The van der Waals surface area contributed by atoms with Gasteiger partial charge in [-0.3, -0.25) is 4.79 Å². The van der Waals surface area contributed by atoms with Crippen LogP contribution in [0.4, 0.5) is 5.69 Å². The highest BCUT2D eigenvalue weighted by Gasteiger charge is 2.31. The fourth-order valence-corrected chi connectivity index (χ4v) is 3.81. The number of nitrogens with zero attached hydrogens (tertiary/aromatic N) is 1. The highest BCUT2D eigenvalue weighted by atomic mass is 79.9. The van der Waals surface area contributed by atoms with Crippen molar-refractivity contribution in [1.82, 2.24) is 4.31 Å². The molecule has 1 heterocycles. The average molecular weight is 375 g/mol. The van der Waals surface area contributed by atoms with Crippen molar-refractivity contribution in [3.8, 4) is 0 Å². The van der Waals surface area contributed by atoms with Gasteiger partial charge in [0, 0.05) is 23.2 Å². The molecular formula is C14H19BrN2O3S. The van der Waals surface area contributed by atoms with Crippen molar-refractivity contribution in [3.05, 3.63) is 28.7 Å². The number of rotatable bonds is 4. The molecule has 1 saturated heterocycles. The largest absolute Gasteiger partial charge is 0.326 e. The first-order valence-corrected chi connectivity index (χ1v) is 9.37. The summed E-state index contributed by atoms with van der Waals surface area (Å²) in [5.41, 5.74) is 0.721. The molecule has 0 saturated carbocycles. The Balaban J connectivity index is 2.01. The van der Waals surface area contributed by atoms with Crippen LogP contribution in [0.5, 0.6) is 0 Å². The fourth-order valence-electron chi connectivity index (χ4n) is 2.37. The van der Waals surface area contributed by atoms with Crippen LogP contribution in [0.15, 0.2) is 28.7 Å². The second-order valence-electron chi connectivity index (χ2n) is 5.09. The second kappa shape index (κ2) is 6.89. The number of amides is 1. The third kappa shape index (κ3) is 4.28. The molecule has 0 radical (unpaired) electrons. The quantitative estimate of drug-likeness (QED) is 0.879. The van der Waals surface area contributed by atoms with E-state index in [2.05, 4.69) is 21.2 Å². The van der Waals surface area contributed by atoms with Crippen molar-refractivity contribution in [2.45, 2.75) is 19.8 Å². The molecule has 1 aliphatic rings. The molecule has 1 amide bonds. The number of piperidine rings is 1. The summed E-state index contributed by atoms with van der Waals surface area (Å²) >= 11 is 3.34. The minimum Gasteiger partial charge on any atom is -0.326 e. The van der Waals surface area contributed by atoms with Crippen LogP contribution < -0.4 is 5.32 Å². The van der Waals surface area contributed by atoms with Gasteiger partial charge >= 0.3 is 0 Å². The van der Waals surface area contributed by atoms with E-state index in [0.717, 1.165) is 23.0 Å². The Bertz CT molecular complexity index is 601. The summed E-state index contributed by atoms with van der Waals surface area (Å²) in [4.78, 5) is 12.3. The van der Waals surface area contributed by atoms with Crippen LogP contribution in [0, 0.1) is 5.92 Å². The number of carbonyl (C=O) groups excluding carboxylic acids is 1. The van der Waals surface area contributed by atoms with Crippen LogP contribution in [0.3, 0.4) is 0 Å². The van der Waals surface area contributed by atoms with Gasteiger partial charge in [-0.2, -0.15) is 0 Å². The summed E-state index contributed by atoms with van der Waals surface area (Å²) in [5.74, 6) is -0.328. The Kier molecular flexibility index (Phi) is 5.40. The molecular weight excluding hydrogens is 356 g/mol. The second-order valence-corrected chi connectivity index (χ2v) is 8.27. The zero-order chi connectivity index (χ0) is 15.5. The highest BCUT2D eigenvalue weighted by molar-refractivity contribution is 9.10. The number of carbonyl (C=O) groups is 1. The number of sulfonamides is 1. The summed E-state index contributed by atoms with van der Waals surface area (Å²) < 4.78 is 26.2. The van der Waals surface area contributed by atoms with Crippen molar-refractivity contribution in [2.24, 2.45) is 5.92 Å². The Morgan fingerprint density at radius 3 is 2.67 bits per heavy atom. The first kappa shape index (κ1) is 16.5. The van der Waals surface area contributed by atoms with E-state index in [4.69, 9.17) is 0 Å². The Morgan fingerprint density at radius 2 is 2.05 bits per heavy atom. The zero-order valence-electron chi connectivity index (χ0n) is 11.9. The summed E-state index contributed by atoms with van der Waals surface area (Å²) in [7, 11) is -3.22. The van der Waals surface area contributed by atoms with Gasteiger partial charge in [0.1, 0.15) is 0 Å². The molecule has 0 spiro atoms. The van der Waals surface area contributed by atoms with Crippen LogP contribution in [-0.2, 0) is 14.8 Å². The van der Waals surface area contributed by atoms with Gasteiger partial charge < -0.3 is 5.32 Å². The number of hydrogen-bond donors (Lipinski definition) is 1. The van der Waals surface area contributed by atoms with Crippen molar-refractivity contribution in [1.29, 1.82) is 0 Å². The van der Waals surface area contributed by atoms with E-state index in [-0.39, 0.29) is 24.1 Å². The fraction of sp³-hybridized carbons (Fsp3) is 0.500. The van der Waals surface area contributed by atoms with E-state index in [1.54, 1.807) is 6.92 Å². The number of hydrogen-bond acceptors (Lipinski definition) is 3. The summed E-state index contributed by atoms with van der Waals surface area (Å²) in [6.45, 7) is 2.41. The molecule has 1 fully saturated rings. The van der Waals surface area contributed by atoms with Gasteiger partial charge in [0.2, 0.25) is 15.9 Å².